The lowest BCUT2D eigenvalue weighted by Gasteiger charge is -2.11. The van der Waals surface area contributed by atoms with E-state index in [2.05, 4.69) is 0 Å². The highest BCUT2D eigenvalue weighted by molar-refractivity contribution is 5.65. The highest BCUT2D eigenvalue weighted by atomic mass is 16.5. The Morgan fingerprint density at radius 3 is 2.18 bits per heavy atom. The Morgan fingerprint density at radius 2 is 1.76 bits per heavy atom. The zero-order valence-corrected chi connectivity index (χ0v) is 10.1. The van der Waals surface area contributed by atoms with Gasteiger partial charge in [-0.1, -0.05) is 0 Å². The van der Waals surface area contributed by atoms with Crippen molar-refractivity contribution >= 4 is 5.97 Å². The van der Waals surface area contributed by atoms with Crippen molar-refractivity contribution in [2.75, 3.05) is 20.8 Å². The van der Waals surface area contributed by atoms with Crippen LogP contribution in [0.3, 0.4) is 0 Å². The van der Waals surface area contributed by atoms with E-state index in [4.69, 9.17) is 14.2 Å². The molecule has 0 atom stereocenters. The second kappa shape index (κ2) is 5.98. The molecule has 17 heavy (non-hydrogen) atoms. The van der Waals surface area contributed by atoms with Crippen LogP contribution in [0.2, 0.25) is 0 Å². The molecule has 0 amide bonds. The molecule has 1 aromatic rings. The summed E-state index contributed by atoms with van der Waals surface area (Å²) in [5.41, 5.74) is 0.859. The first kappa shape index (κ1) is 13.2. The summed E-state index contributed by atoms with van der Waals surface area (Å²) >= 11 is 0. The first-order valence-corrected chi connectivity index (χ1v) is 5.15. The van der Waals surface area contributed by atoms with E-state index in [1.54, 1.807) is 12.1 Å². The van der Waals surface area contributed by atoms with Crippen LogP contribution in [0.25, 0.3) is 0 Å². The number of carbonyl (C=O) groups is 1. The van der Waals surface area contributed by atoms with E-state index in [0.29, 0.717) is 17.9 Å². The Kier molecular flexibility index (Phi) is 4.63. The van der Waals surface area contributed by atoms with Gasteiger partial charge in [-0.05, 0) is 17.7 Å². The molecule has 0 aliphatic heterocycles. The largest absolute Gasteiger partial charge is 0.502 e. The van der Waals surface area contributed by atoms with E-state index in [1.165, 1.54) is 21.1 Å². The third-order valence-corrected chi connectivity index (χ3v) is 2.24. The lowest BCUT2D eigenvalue weighted by molar-refractivity contribution is -0.140. The summed E-state index contributed by atoms with van der Waals surface area (Å²) in [6, 6.07) is 3.36. The number of esters is 1. The smallest absolute Gasteiger partial charge is 0.302 e. The van der Waals surface area contributed by atoms with E-state index >= 15 is 0 Å². The minimum atomic E-state index is -0.317. The van der Waals surface area contributed by atoms with Gasteiger partial charge in [0.05, 0.1) is 20.8 Å². The monoisotopic (exact) mass is 240 g/mol. The normalized spacial score (nSPS) is 9.82. The maximum atomic E-state index is 10.6. The predicted octanol–water partition coefficient (Wildman–Crippen LogP) is 1.51. The van der Waals surface area contributed by atoms with Gasteiger partial charge in [0, 0.05) is 13.3 Å². The Balaban J connectivity index is 2.82. The number of aromatic hydroxyl groups is 1. The van der Waals surface area contributed by atoms with Crippen LogP contribution in [0.5, 0.6) is 17.2 Å². The molecule has 94 valence electrons. The summed E-state index contributed by atoms with van der Waals surface area (Å²) < 4.78 is 14.9. The second-order valence-electron chi connectivity index (χ2n) is 3.44. The standard InChI is InChI=1S/C12H16O5/c1-8(13)17-5-4-9-6-10(15-2)12(14)11(7-9)16-3/h6-7,14H,4-5H2,1-3H3. The van der Waals surface area contributed by atoms with Gasteiger partial charge in [0.25, 0.3) is 0 Å². The van der Waals surface area contributed by atoms with E-state index in [9.17, 15) is 9.90 Å². The van der Waals surface area contributed by atoms with Crippen molar-refractivity contribution < 1.29 is 24.1 Å². The van der Waals surface area contributed by atoms with Crippen LogP contribution in [0.15, 0.2) is 12.1 Å². The van der Waals surface area contributed by atoms with Crippen molar-refractivity contribution in [3.63, 3.8) is 0 Å². The SMILES string of the molecule is COc1cc(CCOC(C)=O)cc(OC)c1O. The molecule has 1 N–H and O–H groups in total. The highest BCUT2D eigenvalue weighted by Gasteiger charge is 2.11. The quantitative estimate of drug-likeness (QED) is 0.790. The molecule has 0 spiro atoms. The second-order valence-corrected chi connectivity index (χ2v) is 3.44. The number of ether oxygens (including phenoxy) is 3. The molecule has 1 rings (SSSR count). The van der Waals surface area contributed by atoms with E-state index < -0.39 is 0 Å². The van der Waals surface area contributed by atoms with Crippen LogP contribution in [-0.4, -0.2) is 31.9 Å². The Morgan fingerprint density at radius 1 is 1.24 bits per heavy atom. The number of carbonyl (C=O) groups excluding carboxylic acids is 1. The summed E-state index contributed by atoms with van der Waals surface area (Å²) in [5, 5.41) is 9.69. The summed E-state index contributed by atoms with van der Waals surface area (Å²) in [4.78, 5) is 10.6. The summed E-state index contributed by atoms with van der Waals surface area (Å²) in [5.74, 6) is 0.318. The van der Waals surface area contributed by atoms with E-state index in [1.807, 2.05) is 0 Å². The molecule has 0 aromatic heterocycles. The van der Waals surface area contributed by atoms with Gasteiger partial charge in [0.2, 0.25) is 5.75 Å². The van der Waals surface area contributed by atoms with Gasteiger partial charge in [0.1, 0.15) is 0 Å². The van der Waals surface area contributed by atoms with Crippen molar-refractivity contribution in [3.05, 3.63) is 17.7 Å². The molecule has 0 radical (unpaired) electrons. The van der Waals surface area contributed by atoms with Crippen LogP contribution < -0.4 is 9.47 Å². The van der Waals surface area contributed by atoms with Crippen LogP contribution in [-0.2, 0) is 16.0 Å². The van der Waals surface area contributed by atoms with Crippen molar-refractivity contribution in [1.82, 2.24) is 0 Å². The fourth-order valence-electron chi connectivity index (χ4n) is 1.40. The molecule has 0 bridgehead atoms. The van der Waals surface area contributed by atoms with Gasteiger partial charge >= 0.3 is 5.97 Å². The summed E-state index contributed by atoms with van der Waals surface area (Å²) in [6.45, 7) is 1.64. The number of phenols is 1. The third-order valence-electron chi connectivity index (χ3n) is 2.24. The van der Waals surface area contributed by atoms with Gasteiger partial charge in [-0.25, -0.2) is 0 Å². The van der Waals surface area contributed by atoms with Crippen molar-refractivity contribution in [3.8, 4) is 17.2 Å². The minimum Gasteiger partial charge on any atom is -0.502 e. The lowest BCUT2D eigenvalue weighted by atomic mass is 10.1. The molecule has 0 unspecified atom stereocenters. The van der Waals surface area contributed by atoms with Gasteiger partial charge in [-0.15, -0.1) is 0 Å². The average molecular weight is 240 g/mol. The Hall–Kier alpha value is -1.91. The number of hydrogen-bond acceptors (Lipinski definition) is 5. The van der Waals surface area contributed by atoms with Crippen LogP contribution in [0, 0.1) is 0 Å². The van der Waals surface area contributed by atoms with Crippen LogP contribution in [0.4, 0.5) is 0 Å². The molecular formula is C12H16O5. The van der Waals surface area contributed by atoms with Crippen molar-refractivity contribution in [2.24, 2.45) is 0 Å². The van der Waals surface area contributed by atoms with Gasteiger partial charge in [-0.2, -0.15) is 0 Å². The molecule has 5 heteroatoms. The minimum absolute atomic E-state index is 0.0359. The summed E-state index contributed by atoms with van der Waals surface area (Å²) in [7, 11) is 2.93. The molecular weight excluding hydrogens is 224 g/mol. The molecule has 1 aromatic carbocycles. The predicted molar refractivity (Wildman–Crippen MR) is 61.5 cm³/mol. The molecule has 0 saturated heterocycles. The number of benzene rings is 1. The Labute approximate surface area is 99.9 Å². The topological polar surface area (TPSA) is 65.0 Å². The maximum absolute atomic E-state index is 10.6. The molecule has 0 aliphatic carbocycles. The number of phenolic OH excluding ortho intramolecular Hbond substituents is 1. The third kappa shape index (κ3) is 3.55. The van der Waals surface area contributed by atoms with E-state index in [0.717, 1.165) is 5.56 Å². The molecule has 0 saturated carbocycles. The zero-order chi connectivity index (χ0) is 12.8. The fourth-order valence-corrected chi connectivity index (χ4v) is 1.40. The van der Waals surface area contributed by atoms with Crippen LogP contribution in [0.1, 0.15) is 12.5 Å². The molecule has 5 nitrogen and oxygen atoms in total. The molecule has 0 fully saturated rings. The lowest BCUT2D eigenvalue weighted by Crippen LogP contribution is -2.03. The van der Waals surface area contributed by atoms with Crippen molar-refractivity contribution in [2.45, 2.75) is 13.3 Å². The van der Waals surface area contributed by atoms with Gasteiger partial charge in [-0.3, -0.25) is 4.79 Å². The van der Waals surface area contributed by atoms with Gasteiger partial charge in [0.15, 0.2) is 11.5 Å². The van der Waals surface area contributed by atoms with Gasteiger partial charge < -0.3 is 19.3 Å². The molecule has 0 heterocycles. The fraction of sp³-hybridized carbons (Fsp3) is 0.417. The summed E-state index contributed by atoms with van der Waals surface area (Å²) in [6.07, 6.45) is 0.534. The highest BCUT2D eigenvalue weighted by Crippen LogP contribution is 2.37. The number of methoxy groups -OCH3 is 2. The van der Waals surface area contributed by atoms with Crippen molar-refractivity contribution in [1.29, 1.82) is 0 Å². The average Bonchev–Trinajstić information content (AvgIpc) is 2.30. The number of rotatable bonds is 5. The molecule has 0 aliphatic rings. The first-order chi connectivity index (χ1) is 8.08. The zero-order valence-electron chi connectivity index (χ0n) is 10.1. The maximum Gasteiger partial charge on any atom is 0.302 e. The van der Waals surface area contributed by atoms with Crippen LogP contribution >= 0.6 is 0 Å². The first-order valence-electron chi connectivity index (χ1n) is 5.15. The Bertz CT molecular complexity index is 375. The number of hydrogen-bond donors (Lipinski definition) is 1. The van der Waals surface area contributed by atoms with E-state index in [-0.39, 0.29) is 18.3 Å².